The quantitative estimate of drug-likeness (QED) is 0.664. The molecular formula is C13H18N2O2S. The summed E-state index contributed by atoms with van der Waals surface area (Å²) in [4.78, 5) is 9.96. The first kappa shape index (κ1) is 14.6. The van der Waals surface area contributed by atoms with E-state index in [4.69, 9.17) is 0 Å². The van der Waals surface area contributed by atoms with Crippen LogP contribution in [0.5, 0.6) is 0 Å². The molecule has 0 unspecified atom stereocenters. The van der Waals surface area contributed by atoms with Crippen molar-refractivity contribution in [1.29, 1.82) is 0 Å². The summed E-state index contributed by atoms with van der Waals surface area (Å²) < 4.78 is 0. The number of nitro groups is 1. The maximum Gasteiger partial charge on any atom is 0.264 e. The Bertz CT molecular complexity index is 447. The summed E-state index contributed by atoms with van der Waals surface area (Å²) in [6, 6.07) is 7.94. The molecule has 0 amide bonds. The summed E-state index contributed by atoms with van der Waals surface area (Å²) in [7, 11) is 0. The Morgan fingerprint density at radius 2 is 1.89 bits per heavy atom. The molecule has 0 atom stereocenters. The molecule has 18 heavy (non-hydrogen) atoms. The Morgan fingerprint density at radius 1 is 1.33 bits per heavy atom. The third-order valence-corrected chi connectivity index (χ3v) is 3.11. The number of anilines is 1. The molecule has 0 fully saturated rings. The normalized spacial score (nSPS) is 12.3. The fraction of sp³-hybridized carbons (Fsp3) is 0.385. The van der Waals surface area contributed by atoms with Crippen LogP contribution in [0.1, 0.15) is 26.3 Å². The Morgan fingerprint density at radius 3 is 2.28 bits per heavy atom. The standard InChI is InChI=1S/C13H18N2O2S/c1-13(2,3)10-5-7-11(8-6-10)14-12(18-4)9-15(16)17/h5-9,14H,1-4H3/b12-9-. The van der Waals surface area contributed by atoms with E-state index < -0.39 is 4.92 Å². The Labute approximate surface area is 112 Å². The van der Waals surface area contributed by atoms with Gasteiger partial charge in [-0.15, -0.1) is 11.8 Å². The Kier molecular flexibility index (Phi) is 4.78. The second-order valence-corrected chi connectivity index (χ2v) is 5.78. The Hall–Kier alpha value is -1.49. The highest BCUT2D eigenvalue weighted by molar-refractivity contribution is 8.02. The van der Waals surface area contributed by atoms with Crippen LogP contribution >= 0.6 is 11.8 Å². The summed E-state index contributed by atoms with van der Waals surface area (Å²) in [5.74, 6) is 0. The van der Waals surface area contributed by atoms with Gasteiger partial charge in [0.05, 0.1) is 4.92 Å². The van der Waals surface area contributed by atoms with E-state index in [1.807, 2.05) is 24.3 Å². The number of benzene rings is 1. The van der Waals surface area contributed by atoms with E-state index in [1.54, 1.807) is 6.26 Å². The van der Waals surface area contributed by atoms with Crippen LogP contribution in [0.3, 0.4) is 0 Å². The molecule has 0 radical (unpaired) electrons. The highest BCUT2D eigenvalue weighted by Crippen LogP contribution is 2.24. The van der Waals surface area contributed by atoms with E-state index in [0.717, 1.165) is 11.9 Å². The SMILES string of the molecule is CS/C(=C\[N+](=O)[O-])Nc1ccc(C(C)(C)C)cc1. The van der Waals surface area contributed by atoms with Crippen LogP contribution in [0, 0.1) is 10.1 Å². The van der Waals surface area contributed by atoms with Gasteiger partial charge in [0, 0.05) is 5.69 Å². The van der Waals surface area contributed by atoms with Crippen LogP contribution in [-0.2, 0) is 5.41 Å². The van der Waals surface area contributed by atoms with E-state index in [2.05, 4.69) is 26.1 Å². The molecule has 1 aromatic carbocycles. The predicted molar refractivity (Wildman–Crippen MR) is 77.4 cm³/mol. The first-order valence-corrected chi connectivity index (χ1v) is 6.82. The third kappa shape index (κ3) is 4.41. The molecule has 4 nitrogen and oxygen atoms in total. The molecule has 0 saturated heterocycles. The van der Waals surface area contributed by atoms with Gasteiger partial charge in [-0.2, -0.15) is 0 Å². The summed E-state index contributed by atoms with van der Waals surface area (Å²) in [5, 5.41) is 14.0. The van der Waals surface area contributed by atoms with Gasteiger partial charge in [-0.05, 0) is 29.4 Å². The number of nitrogens with zero attached hydrogens (tertiary/aromatic N) is 1. The van der Waals surface area contributed by atoms with E-state index in [1.165, 1.54) is 17.3 Å². The maximum absolute atomic E-state index is 10.4. The second kappa shape index (κ2) is 5.91. The van der Waals surface area contributed by atoms with Crippen LogP contribution in [0.15, 0.2) is 35.5 Å². The lowest BCUT2D eigenvalue weighted by atomic mass is 9.87. The zero-order chi connectivity index (χ0) is 13.8. The molecule has 0 aromatic heterocycles. The van der Waals surface area contributed by atoms with Crippen molar-refractivity contribution in [2.45, 2.75) is 26.2 Å². The van der Waals surface area contributed by atoms with E-state index in [0.29, 0.717) is 5.03 Å². The lowest BCUT2D eigenvalue weighted by Crippen LogP contribution is -2.10. The van der Waals surface area contributed by atoms with E-state index >= 15 is 0 Å². The zero-order valence-corrected chi connectivity index (χ0v) is 11.9. The van der Waals surface area contributed by atoms with Crippen molar-refractivity contribution < 1.29 is 4.92 Å². The fourth-order valence-electron chi connectivity index (χ4n) is 1.43. The van der Waals surface area contributed by atoms with Crippen LogP contribution < -0.4 is 5.32 Å². The number of hydrogen-bond acceptors (Lipinski definition) is 4. The van der Waals surface area contributed by atoms with Crippen molar-refractivity contribution in [1.82, 2.24) is 0 Å². The highest BCUT2D eigenvalue weighted by atomic mass is 32.2. The summed E-state index contributed by atoms with van der Waals surface area (Å²) in [6.45, 7) is 6.44. The topological polar surface area (TPSA) is 55.2 Å². The molecule has 5 heteroatoms. The molecule has 1 aromatic rings. The van der Waals surface area contributed by atoms with E-state index in [-0.39, 0.29) is 5.41 Å². The van der Waals surface area contributed by atoms with Crippen molar-refractivity contribution in [2.75, 3.05) is 11.6 Å². The van der Waals surface area contributed by atoms with Crippen molar-refractivity contribution in [2.24, 2.45) is 0 Å². The van der Waals surface area contributed by atoms with Gasteiger partial charge < -0.3 is 5.32 Å². The van der Waals surface area contributed by atoms with Crippen LogP contribution in [-0.4, -0.2) is 11.2 Å². The lowest BCUT2D eigenvalue weighted by Gasteiger charge is -2.19. The average Bonchev–Trinajstić information content (AvgIpc) is 2.27. The average molecular weight is 266 g/mol. The first-order valence-electron chi connectivity index (χ1n) is 5.60. The monoisotopic (exact) mass is 266 g/mol. The third-order valence-electron chi connectivity index (χ3n) is 2.46. The van der Waals surface area contributed by atoms with Crippen LogP contribution in [0.4, 0.5) is 5.69 Å². The van der Waals surface area contributed by atoms with Gasteiger partial charge in [0.15, 0.2) is 0 Å². The second-order valence-electron chi connectivity index (χ2n) is 4.94. The zero-order valence-electron chi connectivity index (χ0n) is 11.1. The van der Waals surface area contributed by atoms with E-state index in [9.17, 15) is 10.1 Å². The van der Waals surface area contributed by atoms with Gasteiger partial charge in [0.25, 0.3) is 6.20 Å². The number of thioether (sulfide) groups is 1. The highest BCUT2D eigenvalue weighted by Gasteiger charge is 2.13. The van der Waals surface area contributed by atoms with Crippen LogP contribution in [0.25, 0.3) is 0 Å². The minimum absolute atomic E-state index is 0.109. The van der Waals surface area contributed by atoms with Crippen molar-refractivity contribution in [3.05, 3.63) is 51.2 Å². The molecule has 0 aliphatic heterocycles. The molecule has 0 aliphatic rings. The van der Waals surface area contributed by atoms with Crippen LogP contribution in [0.2, 0.25) is 0 Å². The van der Waals surface area contributed by atoms with Gasteiger partial charge >= 0.3 is 0 Å². The van der Waals surface area contributed by atoms with Gasteiger partial charge in [-0.3, -0.25) is 10.1 Å². The van der Waals surface area contributed by atoms with Crippen molar-refractivity contribution in [3.8, 4) is 0 Å². The number of nitrogens with one attached hydrogen (secondary N) is 1. The van der Waals surface area contributed by atoms with Gasteiger partial charge in [-0.1, -0.05) is 32.9 Å². The Balaban J connectivity index is 2.84. The first-order chi connectivity index (χ1) is 8.32. The molecule has 0 bridgehead atoms. The minimum atomic E-state index is -0.456. The maximum atomic E-state index is 10.4. The molecule has 98 valence electrons. The van der Waals surface area contributed by atoms with Gasteiger partial charge in [0.1, 0.15) is 5.03 Å². The predicted octanol–water partition coefficient (Wildman–Crippen LogP) is 3.83. The van der Waals surface area contributed by atoms with Crippen molar-refractivity contribution >= 4 is 17.4 Å². The minimum Gasteiger partial charge on any atom is -0.345 e. The van der Waals surface area contributed by atoms with Crippen molar-refractivity contribution in [3.63, 3.8) is 0 Å². The molecule has 0 spiro atoms. The molecule has 1 N–H and O–H groups in total. The fourth-order valence-corrected chi connectivity index (χ4v) is 1.84. The molecular weight excluding hydrogens is 248 g/mol. The molecule has 0 saturated carbocycles. The molecule has 0 aliphatic carbocycles. The lowest BCUT2D eigenvalue weighted by molar-refractivity contribution is -0.402. The number of hydrogen-bond donors (Lipinski definition) is 1. The summed E-state index contributed by atoms with van der Waals surface area (Å²) >= 11 is 1.31. The molecule has 0 heterocycles. The van der Waals surface area contributed by atoms with Gasteiger partial charge in [0.2, 0.25) is 0 Å². The largest absolute Gasteiger partial charge is 0.345 e. The summed E-state index contributed by atoms with van der Waals surface area (Å²) in [5.41, 5.74) is 2.19. The molecule has 1 rings (SSSR count). The summed E-state index contributed by atoms with van der Waals surface area (Å²) in [6.07, 6.45) is 2.77. The number of rotatable bonds is 4. The van der Waals surface area contributed by atoms with Gasteiger partial charge in [-0.25, -0.2) is 0 Å². The smallest absolute Gasteiger partial charge is 0.264 e.